The summed E-state index contributed by atoms with van der Waals surface area (Å²) in [5, 5.41) is 9.82. The molecule has 2 aromatic carbocycles. The number of anilines is 1. The van der Waals surface area contributed by atoms with E-state index >= 15 is 0 Å². The van der Waals surface area contributed by atoms with E-state index in [1.807, 2.05) is 61.5 Å². The van der Waals surface area contributed by atoms with Crippen molar-refractivity contribution in [3.63, 3.8) is 0 Å². The Morgan fingerprint density at radius 2 is 1.71 bits per heavy atom. The number of benzene rings is 2. The molecule has 1 aliphatic rings. The Kier molecular flexibility index (Phi) is 3.20. The minimum absolute atomic E-state index is 0.00843. The molecule has 0 radical (unpaired) electrons. The van der Waals surface area contributed by atoms with Gasteiger partial charge in [0, 0.05) is 17.5 Å². The number of aliphatic carboxylic acids is 1. The second-order valence-corrected chi connectivity index (χ2v) is 5.69. The number of rotatable bonds is 4. The topological polar surface area (TPSA) is 63.3 Å². The van der Waals surface area contributed by atoms with E-state index in [9.17, 15) is 9.90 Å². The minimum Gasteiger partial charge on any atom is -0.481 e. The van der Waals surface area contributed by atoms with Crippen molar-refractivity contribution in [3.8, 4) is 0 Å². The number of nitrogens with two attached hydrogens (primary N) is 1. The highest BCUT2D eigenvalue weighted by molar-refractivity contribution is 5.84. The maximum Gasteiger partial charge on any atom is 0.310 e. The number of carboxylic acids is 1. The van der Waals surface area contributed by atoms with Crippen molar-refractivity contribution in [1.29, 1.82) is 0 Å². The van der Waals surface area contributed by atoms with E-state index in [1.54, 1.807) is 0 Å². The Hall–Kier alpha value is -2.29. The fourth-order valence-electron chi connectivity index (χ4n) is 3.70. The normalized spacial score (nSPS) is 27.3. The molecule has 0 bridgehead atoms. The first-order valence-corrected chi connectivity index (χ1v) is 7.25. The van der Waals surface area contributed by atoms with Crippen LogP contribution >= 0.6 is 0 Å². The molecular formula is C18H19NO2. The predicted molar refractivity (Wildman–Crippen MR) is 83.1 cm³/mol. The Bertz CT molecular complexity index is 668. The van der Waals surface area contributed by atoms with Crippen LogP contribution in [-0.4, -0.2) is 11.1 Å². The second kappa shape index (κ2) is 4.92. The van der Waals surface area contributed by atoms with E-state index in [0.717, 1.165) is 11.1 Å². The van der Waals surface area contributed by atoms with Gasteiger partial charge >= 0.3 is 5.97 Å². The van der Waals surface area contributed by atoms with Crippen molar-refractivity contribution in [3.05, 3.63) is 65.7 Å². The van der Waals surface area contributed by atoms with Gasteiger partial charge in [0.25, 0.3) is 0 Å². The summed E-state index contributed by atoms with van der Waals surface area (Å²) in [6, 6.07) is 17.5. The first-order chi connectivity index (χ1) is 10.1. The summed E-state index contributed by atoms with van der Waals surface area (Å²) in [6.45, 7) is 1.95. The van der Waals surface area contributed by atoms with E-state index < -0.39 is 11.4 Å². The summed E-state index contributed by atoms with van der Waals surface area (Å²) < 4.78 is 0. The fourth-order valence-corrected chi connectivity index (χ4v) is 3.70. The van der Waals surface area contributed by atoms with Crippen LogP contribution < -0.4 is 5.73 Å². The van der Waals surface area contributed by atoms with Gasteiger partial charge in [0.05, 0.1) is 5.41 Å². The Morgan fingerprint density at radius 3 is 2.29 bits per heavy atom. The smallest absolute Gasteiger partial charge is 0.310 e. The van der Waals surface area contributed by atoms with Gasteiger partial charge in [-0.1, -0.05) is 55.5 Å². The van der Waals surface area contributed by atoms with Crippen LogP contribution in [0.3, 0.4) is 0 Å². The summed E-state index contributed by atoms with van der Waals surface area (Å²) in [7, 11) is 0. The molecule has 3 rings (SSSR count). The zero-order valence-corrected chi connectivity index (χ0v) is 12.0. The molecule has 0 aliphatic heterocycles. The van der Waals surface area contributed by atoms with Gasteiger partial charge in [-0.05, 0) is 23.6 Å². The molecule has 0 amide bonds. The molecule has 21 heavy (non-hydrogen) atoms. The van der Waals surface area contributed by atoms with Crippen molar-refractivity contribution < 1.29 is 9.90 Å². The standard InChI is InChI=1S/C18H19NO2/c1-2-18(17(20)21)15(12-8-4-3-5-9-12)16(18)13-10-6-7-11-14(13)19/h3-11,15-16H,2,19H2,1H3,(H,20,21)/t15-,16-,18+/m0/s1. The highest BCUT2D eigenvalue weighted by Crippen LogP contribution is 2.72. The molecule has 1 fully saturated rings. The van der Waals surface area contributed by atoms with Gasteiger partial charge in [-0.3, -0.25) is 4.79 Å². The Morgan fingerprint density at radius 1 is 1.10 bits per heavy atom. The summed E-state index contributed by atoms with van der Waals surface area (Å²) in [4.78, 5) is 12.0. The summed E-state index contributed by atoms with van der Waals surface area (Å²) >= 11 is 0. The molecule has 3 heteroatoms. The van der Waals surface area contributed by atoms with Crippen molar-refractivity contribution in [2.75, 3.05) is 5.73 Å². The lowest BCUT2D eigenvalue weighted by Crippen LogP contribution is -2.17. The molecule has 3 atom stereocenters. The van der Waals surface area contributed by atoms with Gasteiger partial charge < -0.3 is 10.8 Å². The fraction of sp³-hybridized carbons (Fsp3) is 0.278. The van der Waals surface area contributed by atoms with E-state index in [4.69, 9.17) is 5.73 Å². The van der Waals surface area contributed by atoms with Crippen LogP contribution in [0, 0.1) is 5.41 Å². The number of carbonyl (C=O) groups is 1. The first-order valence-electron chi connectivity index (χ1n) is 7.25. The van der Waals surface area contributed by atoms with Crippen LogP contribution in [-0.2, 0) is 4.79 Å². The lowest BCUT2D eigenvalue weighted by Gasteiger charge is -2.11. The number of carboxylic acid groups (broad SMARTS) is 1. The highest BCUT2D eigenvalue weighted by atomic mass is 16.4. The average Bonchev–Trinajstić information content (AvgIpc) is 3.19. The third-order valence-corrected chi connectivity index (χ3v) is 4.81. The predicted octanol–water partition coefficient (Wildman–Crippen LogP) is 3.63. The maximum atomic E-state index is 12.0. The molecule has 0 saturated heterocycles. The Balaban J connectivity index is 2.10. The number of hydrogen-bond acceptors (Lipinski definition) is 2. The van der Waals surface area contributed by atoms with Gasteiger partial charge in [-0.25, -0.2) is 0 Å². The second-order valence-electron chi connectivity index (χ2n) is 5.69. The molecule has 1 saturated carbocycles. The molecule has 0 unspecified atom stereocenters. The maximum absolute atomic E-state index is 12.0. The summed E-state index contributed by atoms with van der Waals surface area (Å²) in [5.74, 6) is -0.790. The van der Waals surface area contributed by atoms with Crippen LogP contribution in [0.15, 0.2) is 54.6 Å². The van der Waals surface area contributed by atoms with Crippen molar-refractivity contribution >= 4 is 11.7 Å². The van der Waals surface area contributed by atoms with E-state index in [0.29, 0.717) is 12.1 Å². The summed E-state index contributed by atoms with van der Waals surface area (Å²) in [6.07, 6.45) is 0.598. The third kappa shape index (κ3) is 1.92. The van der Waals surface area contributed by atoms with E-state index in [1.165, 1.54) is 0 Å². The Labute approximate surface area is 124 Å². The molecule has 0 spiro atoms. The number of nitrogen functional groups attached to an aromatic ring is 1. The van der Waals surface area contributed by atoms with Crippen molar-refractivity contribution in [2.45, 2.75) is 25.2 Å². The van der Waals surface area contributed by atoms with Crippen LogP contribution in [0.4, 0.5) is 5.69 Å². The first kappa shape index (κ1) is 13.7. The van der Waals surface area contributed by atoms with Crippen LogP contribution in [0.25, 0.3) is 0 Å². The zero-order chi connectivity index (χ0) is 15.0. The molecule has 0 aromatic heterocycles. The molecule has 3 nitrogen and oxygen atoms in total. The largest absolute Gasteiger partial charge is 0.481 e. The van der Waals surface area contributed by atoms with Gasteiger partial charge in [0.15, 0.2) is 0 Å². The number of hydrogen-bond donors (Lipinski definition) is 2. The number of para-hydroxylation sites is 1. The molecule has 108 valence electrons. The molecule has 3 N–H and O–H groups in total. The van der Waals surface area contributed by atoms with Crippen molar-refractivity contribution in [2.24, 2.45) is 5.41 Å². The van der Waals surface area contributed by atoms with Gasteiger partial charge in [-0.2, -0.15) is 0 Å². The van der Waals surface area contributed by atoms with Crippen LogP contribution in [0.1, 0.15) is 36.3 Å². The van der Waals surface area contributed by atoms with Gasteiger partial charge in [0.1, 0.15) is 0 Å². The molecule has 1 aliphatic carbocycles. The third-order valence-electron chi connectivity index (χ3n) is 4.81. The lowest BCUT2D eigenvalue weighted by atomic mass is 9.94. The lowest BCUT2D eigenvalue weighted by molar-refractivity contribution is -0.143. The molecular weight excluding hydrogens is 262 g/mol. The molecule has 2 aromatic rings. The van der Waals surface area contributed by atoms with Gasteiger partial charge in [-0.15, -0.1) is 0 Å². The van der Waals surface area contributed by atoms with Gasteiger partial charge in [0.2, 0.25) is 0 Å². The monoisotopic (exact) mass is 281 g/mol. The van der Waals surface area contributed by atoms with E-state index in [-0.39, 0.29) is 11.8 Å². The minimum atomic E-state index is -0.739. The van der Waals surface area contributed by atoms with E-state index in [2.05, 4.69) is 0 Å². The molecule has 0 heterocycles. The van der Waals surface area contributed by atoms with Crippen LogP contribution in [0.5, 0.6) is 0 Å². The van der Waals surface area contributed by atoms with Crippen LogP contribution in [0.2, 0.25) is 0 Å². The average molecular weight is 281 g/mol. The zero-order valence-electron chi connectivity index (χ0n) is 12.0. The summed E-state index contributed by atoms with van der Waals surface area (Å²) in [5.41, 5.74) is 8.06. The van der Waals surface area contributed by atoms with Crippen molar-refractivity contribution in [1.82, 2.24) is 0 Å². The highest BCUT2D eigenvalue weighted by Gasteiger charge is 2.69. The quantitative estimate of drug-likeness (QED) is 0.841. The SMILES string of the molecule is CC[C@@]1(C(=O)O)[C@@H](c2ccccc2)[C@@H]1c1ccccc1N.